The Kier molecular flexibility index (Phi) is 3.59. The Hall–Kier alpha value is -1.65. The predicted octanol–water partition coefficient (Wildman–Crippen LogP) is 2.91. The first-order valence-electron chi connectivity index (χ1n) is 6.82. The fourth-order valence-electron chi connectivity index (χ4n) is 2.21. The summed E-state index contributed by atoms with van der Waals surface area (Å²) in [6, 6.07) is 10.4. The highest BCUT2D eigenvalue weighted by molar-refractivity contribution is 7.08. The van der Waals surface area contributed by atoms with Crippen LogP contribution in [0.4, 0.5) is 0 Å². The Morgan fingerprint density at radius 2 is 2.15 bits per heavy atom. The van der Waals surface area contributed by atoms with Crippen LogP contribution in [-0.4, -0.2) is 11.4 Å². The van der Waals surface area contributed by atoms with Gasteiger partial charge >= 0.3 is 0 Å². The summed E-state index contributed by atoms with van der Waals surface area (Å²) in [5.74, 6) is 0.0472. The number of nitrogens with one attached hydrogen (secondary N) is 1. The third-order valence-corrected chi connectivity index (χ3v) is 4.36. The summed E-state index contributed by atoms with van der Waals surface area (Å²) in [5, 5.41) is 7.15. The fraction of sp³-hybridized carbons (Fsp3) is 0.312. The third kappa shape index (κ3) is 3.26. The molecule has 0 saturated heterocycles. The van der Waals surface area contributed by atoms with Gasteiger partial charge in [0.05, 0.1) is 0 Å². The molecule has 2 aromatic rings. The van der Waals surface area contributed by atoms with Crippen molar-refractivity contribution in [1.29, 1.82) is 0 Å². The maximum absolute atomic E-state index is 11.8. The number of thiophene rings is 1. The van der Waals surface area contributed by atoms with Gasteiger partial charge in [-0.15, -0.1) is 0 Å². The topological polar surface area (TPSA) is 55.1 Å². The predicted molar refractivity (Wildman–Crippen MR) is 82.4 cm³/mol. The van der Waals surface area contributed by atoms with Gasteiger partial charge in [-0.3, -0.25) is 4.79 Å². The minimum Gasteiger partial charge on any atom is -0.352 e. The Balaban J connectivity index is 1.60. The highest BCUT2D eigenvalue weighted by Gasteiger charge is 2.39. The molecule has 3 N–H and O–H groups in total. The number of benzene rings is 1. The quantitative estimate of drug-likeness (QED) is 0.888. The van der Waals surface area contributed by atoms with E-state index in [2.05, 4.69) is 34.3 Å². The van der Waals surface area contributed by atoms with E-state index in [0.29, 0.717) is 13.0 Å². The van der Waals surface area contributed by atoms with Crippen LogP contribution in [0.5, 0.6) is 0 Å². The molecule has 3 nitrogen and oxygen atoms in total. The first kappa shape index (κ1) is 13.3. The van der Waals surface area contributed by atoms with Crippen molar-refractivity contribution < 1.29 is 4.79 Å². The molecule has 0 spiro atoms. The number of amides is 1. The van der Waals surface area contributed by atoms with Gasteiger partial charge in [-0.25, -0.2) is 0 Å². The molecule has 0 aliphatic heterocycles. The molecular formula is C16H18N2OS. The zero-order valence-electron chi connectivity index (χ0n) is 11.3. The van der Waals surface area contributed by atoms with Crippen LogP contribution in [0.3, 0.4) is 0 Å². The number of carbonyl (C=O) groups excluding carboxylic acids is 1. The Labute approximate surface area is 122 Å². The van der Waals surface area contributed by atoms with Gasteiger partial charge in [0.1, 0.15) is 0 Å². The lowest BCUT2D eigenvalue weighted by molar-refractivity contribution is -0.121. The molecule has 0 bridgehead atoms. The molecule has 1 aliphatic carbocycles. The summed E-state index contributed by atoms with van der Waals surface area (Å²) in [4.78, 5) is 11.8. The lowest BCUT2D eigenvalue weighted by Crippen LogP contribution is -2.32. The third-order valence-electron chi connectivity index (χ3n) is 3.68. The van der Waals surface area contributed by atoms with E-state index in [0.717, 1.165) is 18.4 Å². The zero-order chi connectivity index (χ0) is 14.0. The standard InChI is InChI=1S/C16H18N2OS/c17-16(5-6-16)9-15(19)18-10-12-2-1-3-13(8-12)14-4-7-20-11-14/h1-4,7-8,11H,5-6,9-10,17H2,(H,18,19). The molecule has 20 heavy (non-hydrogen) atoms. The molecule has 0 atom stereocenters. The van der Waals surface area contributed by atoms with E-state index in [4.69, 9.17) is 5.73 Å². The van der Waals surface area contributed by atoms with Gasteiger partial charge in [0.2, 0.25) is 5.91 Å². The van der Waals surface area contributed by atoms with Crippen molar-refractivity contribution in [3.8, 4) is 11.1 Å². The number of hydrogen-bond donors (Lipinski definition) is 2. The lowest BCUT2D eigenvalue weighted by Gasteiger charge is -2.10. The molecule has 104 valence electrons. The molecule has 1 aliphatic rings. The molecule has 1 aromatic carbocycles. The van der Waals surface area contributed by atoms with Gasteiger partial charge in [0, 0.05) is 18.5 Å². The van der Waals surface area contributed by atoms with E-state index < -0.39 is 0 Å². The van der Waals surface area contributed by atoms with Gasteiger partial charge < -0.3 is 11.1 Å². The molecule has 1 amide bonds. The minimum absolute atomic E-state index is 0.0472. The van der Waals surface area contributed by atoms with Gasteiger partial charge in [0.15, 0.2) is 0 Å². The number of nitrogens with two attached hydrogens (primary N) is 1. The second kappa shape index (κ2) is 5.38. The molecule has 1 aromatic heterocycles. The van der Waals surface area contributed by atoms with E-state index in [1.54, 1.807) is 11.3 Å². The van der Waals surface area contributed by atoms with Crippen LogP contribution in [-0.2, 0) is 11.3 Å². The Bertz CT molecular complexity index is 603. The molecule has 1 fully saturated rings. The summed E-state index contributed by atoms with van der Waals surface area (Å²) < 4.78 is 0. The Morgan fingerprint density at radius 3 is 2.85 bits per heavy atom. The smallest absolute Gasteiger partial charge is 0.222 e. The molecule has 0 unspecified atom stereocenters. The maximum atomic E-state index is 11.8. The molecule has 0 radical (unpaired) electrons. The van der Waals surface area contributed by atoms with Crippen molar-refractivity contribution in [1.82, 2.24) is 5.32 Å². The van der Waals surface area contributed by atoms with Gasteiger partial charge in [-0.05, 0) is 52.4 Å². The largest absolute Gasteiger partial charge is 0.352 e. The summed E-state index contributed by atoms with van der Waals surface area (Å²) >= 11 is 1.69. The van der Waals surface area contributed by atoms with Crippen molar-refractivity contribution in [2.75, 3.05) is 0 Å². The lowest BCUT2D eigenvalue weighted by atomic mass is 10.1. The van der Waals surface area contributed by atoms with Crippen molar-refractivity contribution in [2.24, 2.45) is 5.73 Å². The SMILES string of the molecule is NC1(CC(=O)NCc2cccc(-c3ccsc3)c2)CC1. The van der Waals surface area contributed by atoms with Crippen molar-refractivity contribution in [2.45, 2.75) is 31.3 Å². The summed E-state index contributed by atoms with van der Waals surface area (Å²) in [5.41, 5.74) is 9.25. The summed E-state index contributed by atoms with van der Waals surface area (Å²) in [7, 11) is 0. The van der Waals surface area contributed by atoms with Crippen molar-refractivity contribution in [3.05, 3.63) is 46.7 Å². The first-order valence-corrected chi connectivity index (χ1v) is 7.76. The van der Waals surface area contributed by atoms with E-state index in [1.807, 2.05) is 12.1 Å². The molecule has 3 rings (SSSR count). The monoisotopic (exact) mass is 286 g/mol. The average molecular weight is 286 g/mol. The average Bonchev–Trinajstić information content (AvgIpc) is 2.96. The van der Waals surface area contributed by atoms with Gasteiger partial charge in [-0.1, -0.05) is 18.2 Å². The highest BCUT2D eigenvalue weighted by Crippen LogP contribution is 2.35. The number of hydrogen-bond acceptors (Lipinski definition) is 3. The molecule has 1 saturated carbocycles. The van der Waals surface area contributed by atoms with E-state index in [-0.39, 0.29) is 11.4 Å². The molecule has 1 heterocycles. The van der Waals surface area contributed by atoms with E-state index in [1.165, 1.54) is 11.1 Å². The number of carbonyl (C=O) groups is 1. The van der Waals surface area contributed by atoms with Crippen LogP contribution in [0, 0.1) is 0 Å². The maximum Gasteiger partial charge on any atom is 0.222 e. The first-order chi connectivity index (χ1) is 9.65. The summed E-state index contributed by atoms with van der Waals surface area (Å²) in [6.07, 6.45) is 2.37. The van der Waals surface area contributed by atoms with Crippen LogP contribution in [0.15, 0.2) is 41.1 Å². The van der Waals surface area contributed by atoms with Crippen LogP contribution < -0.4 is 11.1 Å². The fourth-order valence-corrected chi connectivity index (χ4v) is 2.87. The second-order valence-corrected chi connectivity index (χ2v) is 6.31. The molecular weight excluding hydrogens is 268 g/mol. The van der Waals surface area contributed by atoms with Crippen LogP contribution in [0.1, 0.15) is 24.8 Å². The minimum atomic E-state index is -0.220. The zero-order valence-corrected chi connectivity index (χ0v) is 12.1. The van der Waals surface area contributed by atoms with Crippen molar-refractivity contribution >= 4 is 17.2 Å². The van der Waals surface area contributed by atoms with E-state index >= 15 is 0 Å². The second-order valence-electron chi connectivity index (χ2n) is 5.53. The summed E-state index contributed by atoms with van der Waals surface area (Å²) in [6.45, 7) is 0.562. The van der Waals surface area contributed by atoms with Crippen LogP contribution >= 0.6 is 11.3 Å². The van der Waals surface area contributed by atoms with E-state index in [9.17, 15) is 4.79 Å². The molecule has 4 heteroatoms. The highest BCUT2D eigenvalue weighted by atomic mass is 32.1. The van der Waals surface area contributed by atoms with Crippen LogP contribution in [0.25, 0.3) is 11.1 Å². The van der Waals surface area contributed by atoms with Gasteiger partial charge in [0.25, 0.3) is 0 Å². The number of rotatable bonds is 5. The van der Waals surface area contributed by atoms with Crippen molar-refractivity contribution in [3.63, 3.8) is 0 Å². The Morgan fingerprint density at radius 1 is 1.30 bits per heavy atom. The normalized spacial score (nSPS) is 15.8. The van der Waals surface area contributed by atoms with Crippen LogP contribution in [0.2, 0.25) is 0 Å². The van der Waals surface area contributed by atoms with Gasteiger partial charge in [-0.2, -0.15) is 11.3 Å².